The van der Waals surface area contributed by atoms with Crippen molar-refractivity contribution < 1.29 is 114 Å². The molecule has 0 bridgehead atoms. The molecule has 0 N–H and O–H groups in total. The molecular weight excluding hydrogens is 958 g/mol. The predicted molar refractivity (Wildman–Crippen MR) is 221 cm³/mol. The maximum absolute atomic E-state index is 13.7. The van der Waals surface area contributed by atoms with Crippen LogP contribution in [0.25, 0.3) is 0 Å². The van der Waals surface area contributed by atoms with E-state index in [9.17, 15) is 57.5 Å². The fraction of sp³-hybridized carbons (Fsp3) is 0.585. The maximum atomic E-state index is 13.7. The summed E-state index contributed by atoms with van der Waals surface area (Å²) in [6.45, 7) is 9.32. The second-order valence-corrected chi connectivity index (χ2v) is 15.4. The molecule has 0 saturated carbocycles. The van der Waals surface area contributed by atoms with Crippen molar-refractivity contribution in [2.24, 2.45) is 0 Å². The van der Waals surface area contributed by atoms with Crippen molar-refractivity contribution in [3.63, 3.8) is 0 Å². The number of carbonyl (C=O) groups excluding carboxylic acids is 12. The lowest BCUT2D eigenvalue weighted by atomic mass is 9.91. The van der Waals surface area contributed by atoms with Gasteiger partial charge in [-0.3, -0.25) is 62.1 Å². The van der Waals surface area contributed by atoms with Crippen molar-refractivity contribution in [1.29, 1.82) is 0 Å². The fourth-order valence-electron chi connectivity index (χ4n) is 6.68. The van der Waals surface area contributed by atoms with Gasteiger partial charge in [0.15, 0.2) is 24.4 Å². The Balaban J connectivity index is 0.000000475. The van der Waals surface area contributed by atoms with Crippen LogP contribution in [-0.4, -0.2) is 149 Å². The lowest BCUT2D eigenvalue weighted by molar-refractivity contribution is -0.306. The standard InChI is InChI=1S/C23H27NO12S.C18H23ClO12/c1-12(25)31-11-18(33-14(3)27)21-20(34-15(4)28)17(32-13(2)26)10-23(36-21,35-16(5)29)22(30)24-9-7-6-8-19(24)37;1-8(20)26-7-14(28-10(3)22)16-15(29-11(4)23)13(27-9(2)21)6-18(31-16,17(19)25)30-12(5)24/h6-9,17-18,20-21H,10-11H2,1-5H3;13-16H,6-7H2,1-5H3/t17?,18?,20?,21?,23-;13?,14?,15?,16?,18-/m11/s1. The topological polar surface area (TPSA) is 321 Å². The molecule has 3 rings (SSSR count). The van der Waals surface area contributed by atoms with E-state index < -0.39 is 157 Å². The van der Waals surface area contributed by atoms with Gasteiger partial charge in [0, 0.05) is 75.4 Å². The molecule has 68 heavy (non-hydrogen) atoms. The van der Waals surface area contributed by atoms with E-state index in [0.29, 0.717) is 0 Å². The van der Waals surface area contributed by atoms with Gasteiger partial charge in [-0.2, -0.15) is 0 Å². The van der Waals surface area contributed by atoms with E-state index in [1.165, 1.54) is 18.3 Å². The van der Waals surface area contributed by atoms with Crippen LogP contribution in [0, 0.1) is 4.64 Å². The molecule has 376 valence electrons. The number of carbonyl (C=O) groups is 12. The summed E-state index contributed by atoms with van der Waals surface area (Å²) in [4.78, 5) is 143. The first-order valence-corrected chi connectivity index (χ1v) is 20.8. The van der Waals surface area contributed by atoms with Gasteiger partial charge >= 0.3 is 65.6 Å². The van der Waals surface area contributed by atoms with Crippen molar-refractivity contribution >= 4 is 94.7 Å². The van der Waals surface area contributed by atoms with Gasteiger partial charge in [-0.05, 0) is 23.7 Å². The Labute approximate surface area is 397 Å². The molecule has 0 aromatic carbocycles. The highest BCUT2D eigenvalue weighted by Gasteiger charge is 2.61. The monoisotopic (exact) mass is 1010 g/mol. The zero-order valence-corrected chi connectivity index (χ0v) is 39.9. The second kappa shape index (κ2) is 25.7. The van der Waals surface area contributed by atoms with Gasteiger partial charge in [0.05, 0.1) is 12.8 Å². The van der Waals surface area contributed by atoms with Crippen molar-refractivity contribution in [3.05, 3.63) is 29.0 Å². The van der Waals surface area contributed by atoms with E-state index in [2.05, 4.69) is 0 Å². The summed E-state index contributed by atoms with van der Waals surface area (Å²) in [5, 5.41) is -1.29. The highest BCUT2D eigenvalue weighted by Crippen LogP contribution is 2.39. The van der Waals surface area contributed by atoms with Gasteiger partial charge < -0.3 is 56.8 Å². The number of halogens is 1. The smallest absolute Gasteiger partial charge is 0.305 e. The van der Waals surface area contributed by atoms with Crippen LogP contribution in [0.5, 0.6) is 0 Å². The first-order valence-electron chi connectivity index (χ1n) is 20.0. The molecule has 1 aromatic rings. The second-order valence-electron chi connectivity index (χ2n) is 14.6. The number of pyridine rings is 1. The van der Waals surface area contributed by atoms with Crippen LogP contribution in [0.4, 0.5) is 0 Å². The van der Waals surface area contributed by atoms with Crippen LogP contribution in [-0.2, 0) is 110 Å². The van der Waals surface area contributed by atoms with E-state index in [4.69, 9.17) is 80.7 Å². The molecule has 10 atom stereocenters. The van der Waals surface area contributed by atoms with Gasteiger partial charge in [-0.1, -0.05) is 18.3 Å². The van der Waals surface area contributed by atoms with E-state index in [1.54, 1.807) is 6.07 Å². The van der Waals surface area contributed by atoms with Crippen LogP contribution >= 0.6 is 23.8 Å². The summed E-state index contributed by atoms with van der Waals surface area (Å²) in [7, 11) is 0. The normalized spacial score (nSPS) is 24.8. The first-order chi connectivity index (χ1) is 31.5. The number of rotatable bonds is 16. The molecule has 8 unspecified atom stereocenters. The molecule has 2 aliphatic rings. The molecule has 2 fully saturated rings. The third-order valence-corrected chi connectivity index (χ3v) is 9.39. The Bertz CT molecular complexity index is 2180. The Morgan fingerprint density at radius 2 is 0.956 bits per heavy atom. The Hall–Kier alpha value is -6.38. The Morgan fingerprint density at radius 1 is 0.574 bits per heavy atom. The largest absolute Gasteiger partial charge is 0.462 e. The van der Waals surface area contributed by atoms with Crippen molar-refractivity contribution in [1.82, 2.24) is 4.57 Å². The van der Waals surface area contributed by atoms with Crippen molar-refractivity contribution in [2.45, 2.75) is 142 Å². The van der Waals surface area contributed by atoms with Crippen molar-refractivity contribution in [2.75, 3.05) is 13.2 Å². The van der Waals surface area contributed by atoms with E-state index >= 15 is 0 Å². The van der Waals surface area contributed by atoms with Crippen LogP contribution in [0.1, 0.15) is 86.9 Å². The predicted octanol–water partition coefficient (Wildman–Crippen LogP) is 1.42. The first kappa shape index (κ1) is 57.7. The zero-order chi connectivity index (χ0) is 51.8. The number of ether oxygens (including phenoxy) is 12. The molecule has 0 radical (unpaired) electrons. The van der Waals surface area contributed by atoms with E-state index in [1.807, 2.05) is 0 Å². The molecule has 0 amide bonds. The average molecular weight is 1010 g/mol. The summed E-state index contributed by atoms with van der Waals surface area (Å²) in [5.41, 5.74) is 0. The zero-order valence-electron chi connectivity index (χ0n) is 38.3. The molecule has 25 nitrogen and oxygen atoms in total. The number of hydrogen-bond acceptors (Lipinski definition) is 25. The summed E-state index contributed by atoms with van der Waals surface area (Å²) >= 11 is 10.8. The lowest BCUT2D eigenvalue weighted by Gasteiger charge is -2.46. The third kappa shape index (κ3) is 17.4. The highest BCUT2D eigenvalue weighted by molar-refractivity contribution is 7.71. The van der Waals surface area contributed by atoms with Crippen LogP contribution in [0.3, 0.4) is 0 Å². The molecule has 0 spiro atoms. The van der Waals surface area contributed by atoms with Gasteiger partial charge in [0.25, 0.3) is 16.8 Å². The summed E-state index contributed by atoms with van der Waals surface area (Å²) in [5.74, 6) is -14.3. The average Bonchev–Trinajstić information content (AvgIpc) is 3.18. The van der Waals surface area contributed by atoms with Crippen molar-refractivity contribution in [3.8, 4) is 0 Å². The molecule has 27 heteroatoms. The van der Waals surface area contributed by atoms with Gasteiger partial charge in [-0.15, -0.1) is 0 Å². The maximum Gasteiger partial charge on any atom is 0.305 e. The Morgan fingerprint density at radius 3 is 1.29 bits per heavy atom. The summed E-state index contributed by atoms with van der Waals surface area (Å²) < 4.78 is 64.2. The Kier molecular flexibility index (Phi) is 21.8. The minimum atomic E-state index is -2.48. The number of nitrogens with zero attached hydrogens (tertiary/aromatic N) is 1. The molecule has 0 aliphatic carbocycles. The molecule has 2 saturated heterocycles. The fourth-order valence-corrected chi connectivity index (χ4v) is 7.07. The number of esters is 10. The quantitative estimate of drug-likeness (QED) is 0.0978. The minimum absolute atomic E-state index is 0.0294. The van der Waals surface area contributed by atoms with Crippen LogP contribution in [0.2, 0.25) is 0 Å². The summed E-state index contributed by atoms with van der Waals surface area (Å²) in [6, 6.07) is 4.50. The highest BCUT2D eigenvalue weighted by atomic mass is 35.5. The summed E-state index contributed by atoms with van der Waals surface area (Å²) in [6.07, 6.45) is -11.9. The van der Waals surface area contributed by atoms with Crippen LogP contribution < -0.4 is 0 Å². The third-order valence-electron chi connectivity index (χ3n) is 8.77. The molecule has 3 heterocycles. The molecular formula is C41H50ClNO24S. The lowest BCUT2D eigenvalue weighted by Crippen LogP contribution is -2.65. The minimum Gasteiger partial charge on any atom is -0.462 e. The number of aromatic nitrogens is 1. The molecule has 1 aromatic heterocycles. The SMILES string of the molecule is CC(=O)OCC(OC(C)=O)C1O[C@@](OC(C)=O)(C(=O)Cl)CC(OC(C)=O)C1OC(C)=O.CC(=O)OCC(OC(C)=O)C1O[C@@](OC(C)=O)(C(=O)n2ccccc2=S)CC(OC(C)=O)C1OC(C)=O. The van der Waals surface area contributed by atoms with Gasteiger partial charge in [0.1, 0.15) is 42.3 Å². The van der Waals surface area contributed by atoms with Gasteiger partial charge in [0.2, 0.25) is 0 Å². The van der Waals surface area contributed by atoms with E-state index in [0.717, 1.165) is 73.8 Å². The molecule has 2 aliphatic heterocycles. The van der Waals surface area contributed by atoms with E-state index in [-0.39, 0.29) is 4.64 Å². The van der Waals surface area contributed by atoms with Gasteiger partial charge in [-0.25, -0.2) is 0 Å². The van der Waals surface area contributed by atoms with Crippen LogP contribution in [0.15, 0.2) is 24.4 Å². The number of hydrogen-bond donors (Lipinski definition) is 0.